The number of hydrogen-bond donors (Lipinski definition) is 3. The van der Waals surface area contributed by atoms with E-state index in [0.29, 0.717) is 27.2 Å². The van der Waals surface area contributed by atoms with E-state index in [9.17, 15) is 9.00 Å². The summed E-state index contributed by atoms with van der Waals surface area (Å²) in [5, 5.41) is 14.4. The minimum Gasteiger partial charge on any atom is -0.489 e. The second kappa shape index (κ2) is 11.3. The fourth-order valence-corrected chi connectivity index (χ4v) is 4.93. The summed E-state index contributed by atoms with van der Waals surface area (Å²) in [6.45, 7) is 5.84. The number of nitrogens with one attached hydrogen (secondary N) is 2. The standard InChI is InChI=1S/C24H30N6O3S2/c1-15(2)33-22-7-5-18(35(25)32)12-20(22)28-24-29-21(14-34-24)16-4-6-19(26-13-16)23(31)27-17-8-10-30(3)11-9-17/h4-7,12-15,17H,8-11,25H2,1-3H3,(H,27,31)(H,28,29). The SMILES string of the molecule is CC(C)Oc1ccc(S(N)=O)cc1Nc1nc(-c2ccc(C(=O)NC3CCN(C)CC3)nc2)cs1. The van der Waals surface area contributed by atoms with Crippen LogP contribution in [0.15, 0.2) is 46.8 Å². The molecular formula is C24H30N6O3S2. The molecule has 3 heterocycles. The molecule has 1 aliphatic heterocycles. The Hall–Kier alpha value is -2.86. The maximum absolute atomic E-state index is 12.6. The molecule has 11 heteroatoms. The highest BCUT2D eigenvalue weighted by atomic mass is 32.2. The Kier molecular flexibility index (Phi) is 8.11. The summed E-state index contributed by atoms with van der Waals surface area (Å²) in [6.07, 6.45) is 3.53. The Morgan fingerprint density at radius 2 is 2.03 bits per heavy atom. The fraction of sp³-hybridized carbons (Fsp3) is 0.375. The van der Waals surface area contributed by atoms with Crippen LogP contribution in [0.4, 0.5) is 10.8 Å². The van der Waals surface area contributed by atoms with E-state index in [1.54, 1.807) is 30.5 Å². The van der Waals surface area contributed by atoms with E-state index in [-0.39, 0.29) is 18.1 Å². The number of pyridine rings is 1. The van der Waals surface area contributed by atoms with Gasteiger partial charge in [-0.2, -0.15) is 0 Å². The number of amides is 1. The van der Waals surface area contributed by atoms with Gasteiger partial charge in [-0.1, -0.05) is 0 Å². The number of likely N-dealkylation sites (tertiary alicyclic amines) is 1. The number of nitrogens with zero attached hydrogens (tertiary/aromatic N) is 3. The Balaban J connectivity index is 1.45. The molecule has 1 fully saturated rings. The predicted octanol–water partition coefficient (Wildman–Crippen LogP) is 3.54. The van der Waals surface area contributed by atoms with Gasteiger partial charge in [-0.3, -0.25) is 9.78 Å². The topological polar surface area (TPSA) is 122 Å². The zero-order valence-corrected chi connectivity index (χ0v) is 21.6. The van der Waals surface area contributed by atoms with Gasteiger partial charge in [0.05, 0.1) is 22.4 Å². The van der Waals surface area contributed by atoms with Gasteiger partial charge in [0.15, 0.2) is 5.13 Å². The first kappa shape index (κ1) is 25.2. The average molecular weight is 515 g/mol. The summed E-state index contributed by atoms with van der Waals surface area (Å²) in [7, 11) is 0.484. The Labute approximate surface area is 211 Å². The number of nitrogens with two attached hydrogens (primary N) is 1. The first-order valence-corrected chi connectivity index (χ1v) is 13.5. The van der Waals surface area contributed by atoms with Crippen molar-refractivity contribution in [2.45, 2.75) is 43.7 Å². The second-order valence-corrected chi connectivity index (χ2v) is 10.7. The monoisotopic (exact) mass is 514 g/mol. The van der Waals surface area contributed by atoms with Crippen molar-refractivity contribution in [1.29, 1.82) is 0 Å². The molecule has 1 saturated heterocycles. The van der Waals surface area contributed by atoms with Crippen LogP contribution in [-0.2, 0) is 11.0 Å². The van der Waals surface area contributed by atoms with Crippen LogP contribution in [-0.4, -0.2) is 57.3 Å². The van der Waals surface area contributed by atoms with Crippen molar-refractivity contribution in [2.75, 3.05) is 25.5 Å². The smallest absolute Gasteiger partial charge is 0.270 e. The molecule has 1 atom stereocenters. The van der Waals surface area contributed by atoms with Crippen molar-refractivity contribution in [3.05, 3.63) is 47.6 Å². The molecule has 2 aromatic heterocycles. The Morgan fingerprint density at radius 3 is 2.69 bits per heavy atom. The molecule has 9 nitrogen and oxygen atoms in total. The molecule has 0 aliphatic carbocycles. The molecule has 35 heavy (non-hydrogen) atoms. The van der Waals surface area contributed by atoms with E-state index in [1.807, 2.05) is 25.3 Å². The number of carbonyl (C=O) groups excluding carboxylic acids is 1. The van der Waals surface area contributed by atoms with Gasteiger partial charge in [-0.25, -0.2) is 14.3 Å². The summed E-state index contributed by atoms with van der Waals surface area (Å²) in [6, 6.07) is 8.89. The van der Waals surface area contributed by atoms with E-state index >= 15 is 0 Å². The lowest BCUT2D eigenvalue weighted by Gasteiger charge is -2.29. The molecule has 3 aromatic rings. The van der Waals surface area contributed by atoms with Crippen molar-refractivity contribution in [3.8, 4) is 17.0 Å². The minimum absolute atomic E-state index is 0.0297. The minimum atomic E-state index is -1.61. The van der Waals surface area contributed by atoms with Crippen molar-refractivity contribution in [1.82, 2.24) is 20.2 Å². The lowest BCUT2D eigenvalue weighted by molar-refractivity contribution is 0.0912. The quantitative estimate of drug-likeness (QED) is 0.420. The molecular weight excluding hydrogens is 484 g/mol. The lowest BCUT2D eigenvalue weighted by Crippen LogP contribution is -2.43. The number of rotatable bonds is 8. The van der Waals surface area contributed by atoms with E-state index in [4.69, 9.17) is 9.88 Å². The Bertz CT molecular complexity index is 1190. The van der Waals surface area contributed by atoms with E-state index in [0.717, 1.165) is 37.2 Å². The van der Waals surface area contributed by atoms with Crippen LogP contribution >= 0.6 is 11.3 Å². The molecule has 1 unspecified atom stereocenters. The van der Waals surface area contributed by atoms with Crippen LogP contribution < -0.4 is 20.5 Å². The maximum atomic E-state index is 12.6. The number of aromatic nitrogens is 2. The van der Waals surface area contributed by atoms with Crippen molar-refractivity contribution >= 4 is 39.0 Å². The van der Waals surface area contributed by atoms with Crippen LogP contribution in [0.1, 0.15) is 37.2 Å². The van der Waals surface area contributed by atoms with Gasteiger partial charge in [0.25, 0.3) is 5.91 Å². The van der Waals surface area contributed by atoms with E-state index < -0.39 is 11.0 Å². The number of piperidine rings is 1. The third kappa shape index (κ3) is 6.63. The summed E-state index contributed by atoms with van der Waals surface area (Å²) in [5.74, 6) is 0.467. The summed E-state index contributed by atoms with van der Waals surface area (Å²) in [4.78, 5) is 24.3. The van der Waals surface area contributed by atoms with Gasteiger partial charge in [-0.15, -0.1) is 11.3 Å². The third-order valence-corrected chi connectivity index (χ3v) is 7.11. The Morgan fingerprint density at radius 1 is 1.26 bits per heavy atom. The van der Waals surface area contributed by atoms with Crippen LogP contribution in [0.25, 0.3) is 11.3 Å². The molecule has 0 bridgehead atoms. The molecule has 4 rings (SSSR count). The van der Waals surface area contributed by atoms with Crippen molar-refractivity contribution in [2.24, 2.45) is 5.14 Å². The number of thiazole rings is 1. The van der Waals surface area contributed by atoms with Crippen LogP contribution in [0.2, 0.25) is 0 Å². The molecule has 0 radical (unpaired) electrons. The number of ether oxygens (including phenoxy) is 1. The van der Waals surface area contributed by atoms with Crippen LogP contribution in [0.3, 0.4) is 0 Å². The zero-order valence-electron chi connectivity index (χ0n) is 20.0. The predicted molar refractivity (Wildman–Crippen MR) is 139 cm³/mol. The number of carbonyl (C=O) groups is 1. The summed E-state index contributed by atoms with van der Waals surface area (Å²) < 4.78 is 17.6. The highest BCUT2D eigenvalue weighted by molar-refractivity contribution is 7.82. The first-order chi connectivity index (χ1) is 16.8. The van der Waals surface area contributed by atoms with Gasteiger partial charge < -0.3 is 20.3 Å². The summed E-state index contributed by atoms with van der Waals surface area (Å²) in [5.41, 5.74) is 2.57. The summed E-state index contributed by atoms with van der Waals surface area (Å²) >= 11 is 1.42. The fourth-order valence-electron chi connectivity index (χ4n) is 3.76. The third-order valence-electron chi connectivity index (χ3n) is 5.64. The first-order valence-electron chi connectivity index (χ1n) is 11.4. The normalized spacial score (nSPS) is 15.7. The molecule has 0 spiro atoms. The molecule has 1 amide bonds. The molecule has 4 N–H and O–H groups in total. The maximum Gasteiger partial charge on any atom is 0.270 e. The number of hydrogen-bond acceptors (Lipinski definition) is 8. The van der Waals surface area contributed by atoms with Gasteiger partial charge in [-0.05, 0) is 77.2 Å². The van der Waals surface area contributed by atoms with E-state index in [1.165, 1.54) is 11.3 Å². The largest absolute Gasteiger partial charge is 0.489 e. The zero-order chi connectivity index (χ0) is 24.9. The van der Waals surface area contributed by atoms with Gasteiger partial charge in [0, 0.05) is 23.2 Å². The van der Waals surface area contributed by atoms with Gasteiger partial charge >= 0.3 is 0 Å². The van der Waals surface area contributed by atoms with Crippen LogP contribution in [0.5, 0.6) is 5.75 Å². The molecule has 186 valence electrons. The van der Waals surface area contributed by atoms with Crippen molar-refractivity contribution in [3.63, 3.8) is 0 Å². The molecule has 1 aromatic carbocycles. The number of benzene rings is 1. The highest BCUT2D eigenvalue weighted by Gasteiger charge is 2.20. The lowest BCUT2D eigenvalue weighted by atomic mass is 10.1. The van der Waals surface area contributed by atoms with Gasteiger partial charge in [0.2, 0.25) is 0 Å². The molecule has 0 saturated carbocycles. The number of anilines is 2. The van der Waals surface area contributed by atoms with E-state index in [2.05, 4.69) is 32.5 Å². The van der Waals surface area contributed by atoms with Crippen LogP contribution in [0, 0.1) is 0 Å². The second-order valence-electron chi connectivity index (χ2n) is 8.77. The van der Waals surface area contributed by atoms with Gasteiger partial charge in [0.1, 0.15) is 22.4 Å². The average Bonchev–Trinajstić information content (AvgIpc) is 3.30. The highest BCUT2D eigenvalue weighted by Crippen LogP contribution is 2.33. The van der Waals surface area contributed by atoms with Crippen molar-refractivity contribution < 1.29 is 13.7 Å². The molecule has 1 aliphatic rings.